The van der Waals surface area contributed by atoms with E-state index in [0.717, 1.165) is 22.3 Å². The van der Waals surface area contributed by atoms with Gasteiger partial charge in [-0.05, 0) is 24.3 Å². The zero-order chi connectivity index (χ0) is 12.6. The van der Waals surface area contributed by atoms with Crippen molar-refractivity contribution in [1.82, 2.24) is 4.98 Å². The molecule has 0 saturated heterocycles. The zero-order valence-corrected chi connectivity index (χ0v) is 10.6. The third-order valence-corrected chi connectivity index (χ3v) is 2.81. The van der Waals surface area contributed by atoms with Gasteiger partial charge in [0.05, 0.1) is 5.52 Å². The number of halogens is 1. The van der Waals surface area contributed by atoms with Crippen LogP contribution in [0.15, 0.2) is 24.3 Å². The Labute approximate surface area is 101 Å². The van der Waals surface area contributed by atoms with Gasteiger partial charge in [-0.25, -0.2) is 4.39 Å². The zero-order valence-electron chi connectivity index (χ0n) is 10.6. The van der Waals surface area contributed by atoms with Crippen LogP contribution >= 0.6 is 0 Å². The third-order valence-electron chi connectivity index (χ3n) is 2.81. The van der Waals surface area contributed by atoms with Crippen molar-refractivity contribution in [2.45, 2.75) is 26.2 Å². The normalized spacial score (nSPS) is 11.8. The summed E-state index contributed by atoms with van der Waals surface area (Å²) in [4.78, 5) is 4.59. The van der Waals surface area contributed by atoms with Gasteiger partial charge in [0.1, 0.15) is 5.82 Å². The van der Waals surface area contributed by atoms with Gasteiger partial charge in [-0.15, -0.1) is 0 Å². The Morgan fingerprint density at radius 3 is 2.47 bits per heavy atom. The number of nitrogens with zero attached hydrogens (tertiary/aromatic N) is 1. The van der Waals surface area contributed by atoms with Crippen LogP contribution in [-0.2, 0) is 5.41 Å². The first-order valence-electron chi connectivity index (χ1n) is 5.70. The van der Waals surface area contributed by atoms with Crippen LogP contribution in [0.1, 0.15) is 26.5 Å². The minimum absolute atomic E-state index is 0.0197. The highest BCUT2D eigenvalue weighted by molar-refractivity contribution is 5.91. The molecule has 0 unspecified atom stereocenters. The second kappa shape index (κ2) is 3.99. The highest BCUT2D eigenvalue weighted by atomic mass is 19.1. The summed E-state index contributed by atoms with van der Waals surface area (Å²) >= 11 is 0. The molecule has 0 spiro atoms. The number of nitrogens with one attached hydrogen (secondary N) is 1. The molecule has 1 N–H and O–H groups in total. The monoisotopic (exact) mass is 232 g/mol. The molecule has 2 rings (SSSR count). The highest BCUT2D eigenvalue weighted by Crippen LogP contribution is 2.29. The SMILES string of the molecule is CNc1cc(C(C)(C)C)nc2ccc(F)cc12. The smallest absolute Gasteiger partial charge is 0.124 e. The molecular formula is C14H17FN2. The molecular weight excluding hydrogens is 215 g/mol. The van der Waals surface area contributed by atoms with Crippen molar-refractivity contribution in [3.63, 3.8) is 0 Å². The molecule has 0 fully saturated rings. The Bertz CT molecular complexity index is 556. The molecule has 0 aliphatic carbocycles. The fourth-order valence-corrected chi connectivity index (χ4v) is 1.79. The number of anilines is 1. The van der Waals surface area contributed by atoms with Crippen LogP contribution in [0.5, 0.6) is 0 Å². The van der Waals surface area contributed by atoms with Gasteiger partial charge in [0.15, 0.2) is 0 Å². The third kappa shape index (κ3) is 2.23. The van der Waals surface area contributed by atoms with Crippen molar-refractivity contribution in [3.05, 3.63) is 35.8 Å². The van der Waals surface area contributed by atoms with Gasteiger partial charge in [0, 0.05) is 29.2 Å². The average molecular weight is 232 g/mol. The predicted octanol–water partition coefficient (Wildman–Crippen LogP) is 3.71. The highest BCUT2D eigenvalue weighted by Gasteiger charge is 2.17. The first-order chi connectivity index (χ1) is 7.91. The molecule has 0 aliphatic heterocycles. The first-order valence-corrected chi connectivity index (χ1v) is 5.70. The van der Waals surface area contributed by atoms with Crippen molar-refractivity contribution >= 4 is 16.6 Å². The van der Waals surface area contributed by atoms with Crippen LogP contribution in [0.4, 0.5) is 10.1 Å². The Hall–Kier alpha value is -1.64. The van der Waals surface area contributed by atoms with E-state index in [4.69, 9.17) is 0 Å². The molecule has 0 bridgehead atoms. The first kappa shape index (κ1) is 11.8. The Kier molecular flexibility index (Phi) is 2.77. The van der Waals surface area contributed by atoms with Gasteiger partial charge in [0.2, 0.25) is 0 Å². The second-order valence-corrected chi connectivity index (χ2v) is 5.22. The topological polar surface area (TPSA) is 24.9 Å². The van der Waals surface area contributed by atoms with Gasteiger partial charge >= 0.3 is 0 Å². The number of hydrogen-bond acceptors (Lipinski definition) is 2. The van der Waals surface area contributed by atoms with Crippen molar-refractivity contribution in [3.8, 4) is 0 Å². The van der Waals surface area contributed by atoms with E-state index >= 15 is 0 Å². The second-order valence-electron chi connectivity index (χ2n) is 5.22. The maximum atomic E-state index is 13.2. The maximum Gasteiger partial charge on any atom is 0.124 e. The van der Waals surface area contributed by atoms with Crippen molar-refractivity contribution in [2.75, 3.05) is 12.4 Å². The summed E-state index contributed by atoms with van der Waals surface area (Å²) in [5, 5.41) is 3.92. The fourth-order valence-electron chi connectivity index (χ4n) is 1.79. The minimum atomic E-state index is -0.237. The molecule has 1 aromatic carbocycles. The lowest BCUT2D eigenvalue weighted by molar-refractivity contribution is 0.571. The van der Waals surface area contributed by atoms with Gasteiger partial charge < -0.3 is 5.32 Å². The molecule has 90 valence electrons. The Morgan fingerprint density at radius 2 is 1.88 bits per heavy atom. The van der Waals surface area contributed by atoms with Crippen LogP contribution in [-0.4, -0.2) is 12.0 Å². The number of pyridine rings is 1. The quantitative estimate of drug-likeness (QED) is 0.810. The minimum Gasteiger partial charge on any atom is -0.388 e. The molecule has 0 aliphatic rings. The van der Waals surface area contributed by atoms with Crippen molar-refractivity contribution in [1.29, 1.82) is 0 Å². The van der Waals surface area contributed by atoms with E-state index in [-0.39, 0.29) is 11.2 Å². The van der Waals surface area contributed by atoms with E-state index in [1.807, 2.05) is 13.1 Å². The van der Waals surface area contributed by atoms with Crippen LogP contribution in [0.3, 0.4) is 0 Å². The van der Waals surface area contributed by atoms with Crippen LogP contribution < -0.4 is 5.32 Å². The van der Waals surface area contributed by atoms with E-state index < -0.39 is 0 Å². The Balaban J connectivity index is 2.75. The number of rotatable bonds is 1. The molecule has 1 aromatic heterocycles. The number of benzene rings is 1. The lowest BCUT2D eigenvalue weighted by Gasteiger charge is -2.20. The summed E-state index contributed by atoms with van der Waals surface area (Å²) < 4.78 is 13.2. The van der Waals surface area contributed by atoms with Gasteiger partial charge in [-0.2, -0.15) is 0 Å². The molecule has 1 heterocycles. The van der Waals surface area contributed by atoms with Crippen LogP contribution in [0.2, 0.25) is 0 Å². The molecule has 2 aromatic rings. The maximum absolute atomic E-state index is 13.2. The largest absolute Gasteiger partial charge is 0.388 e. The molecule has 17 heavy (non-hydrogen) atoms. The predicted molar refractivity (Wildman–Crippen MR) is 69.9 cm³/mol. The molecule has 0 radical (unpaired) electrons. The summed E-state index contributed by atoms with van der Waals surface area (Å²) in [6.07, 6.45) is 0. The Morgan fingerprint density at radius 1 is 1.18 bits per heavy atom. The van der Waals surface area contributed by atoms with Gasteiger partial charge in [-0.1, -0.05) is 20.8 Å². The average Bonchev–Trinajstić information content (AvgIpc) is 2.26. The van der Waals surface area contributed by atoms with E-state index in [1.165, 1.54) is 12.1 Å². The van der Waals surface area contributed by atoms with Crippen LogP contribution in [0.25, 0.3) is 10.9 Å². The molecule has 3 heteroatoms. The van der Waals surface area contributed by atoms with E-state index in [1.54, 1.807) is 6.07 Å². The standard InChI is InChI=1S/C14H17FN2/c1-14(2,3)13-8-12(16-4)10-7-9(15)5-6-11(10)17-13/h5-8H,1-4H3,(H,16,17). The van der Waals surface area contributed by atoms with Gasteiger partial charge in [-0.3, -0.25) is 4.98 Å². The summed E-state index contributed by atoms with van der Waals surface area (Å²) in [6.45, 7) is 6.35. The number of hydrogen-bond donors (Lipinski definition) is 1. The fraction of sp³-hybridized carbons (Fsp3) is 0.357. The number of aromatic nitrogens is 1. The summed E-state index contributed by atoms with van der Waals surface area (Å²) in [7, 11) is 1.84. The number of fused-ring (bicyclic) bond motifs is 1. The van der Waals surface area contributed by atoms with Crippen molar-refractivity contribution < 1.29 is 4.39 Å². The molecule has 2 nitrogen and oxygen atoms in total. The lowest BCUT2D eigenvalue weighted by atomic mass is 9.91. The van der Waals surface area contributed by atoms with E-state index in [9.17, 15) is 4.39 Å². The van der Waals surface area contributed by atoms with Gasteiger partial charge in [0.25, 0.3) is 0 Å². The molecule has 0 atom stereocenters. The molecule has 0 amide bonds. The lowest BCUT2D eigenvalue weighted by Crippen LogP contribution is -2.14. The summed E-state index contributed by atoms with van der Waals surface area (Å²) in [6, 6.07) is 6.67. The van der Waals surface area contributed by atoms with E-state index in [2.05, 4.69) is 31.1 Å². The summed E-state index contributed by atoms with van der Waals surface area (Å²) in [5.74, 6) is -0.237. The van der Waals surface area contributed by atoms with Crippen molar-refractivity contribution in [2.24, 2.45) is 0 Å². The van der Waals surface area contributed by atoms with Crippen LogP contribution in [0, 0.1) is 5.82 Å². The van der Waals surface area contributed by atoms with E-state index in [0.29, 0.717) is 0 Å². The summed E-state index contributed by atoms with van der Waals surface area (Å²) in [5.41, 5.74) is 2.72. The molecule has 0 saturated carbocycles.